The molecule has 22 heavy (non-hydrogen) atoms. The monoisotopic (exact) mass is 326 g/mol. The minimum absolute atomic E-state index is 0.286. The van der Waals surface area contributed by atoms with E-state index < -0.39 is 10.0 Å². The Bertz CT molecular complexity index is 665. The Labute approximate surface area is 131 Å². The molecule has 122 valence electrons. The molecule has 1 aromatic carbocycles. The van der Waals surface area contributed by atoms with E-state index in [0.29, 0.717) is 31.1 Å². The van der Waals surface area contributed by atoms with Crippen LogP contribution in [0.3, 0.4) is 0 Å². The van der Waals surface area contributed by atoms with E-state index in [1.54, 1.807) is 13.0 Å². The lowest BCUT2D eigenvalue weighted by atomic mass is 10.2. The van der Waals surface area contributed by atoms with Crippen LogP contribution < -0.4 is 10.6 Å². The zero-order valence-electron chi connectivity index (χ0n) is 13.3. The number of nitrogens with two attached hydrogens (primary N) is 1. The van der Waals surface area contributed by atoms with Crippen LogP contribution in [0.4, 0.5) is 0 Å². The number of primary amides is 1. The molecule has 0 radical (unpaired) electrons. The first-order chi connectivity index (χ1) is 10.2. The molecule has 1 aromatic rings. The summed E-state index contributed by atoms with van der Waals surface area (Å²) in [6, 6.07) is 5.08. The quantitative estimate of drug-likeness (QED) is 0.749. The van der Waals surface area contributed by atoms with Crippen molar-refractivity contribution in [1.82, 2.24) is 4.31 Å². The van der Waals surface area contributed by atoms with Gasteiger partial charge in [-0.05, 0) is 32.4 Å². The second kappa shape index (κ2) is 6.36. The summed E-state index contributed by atoms with van der Waals surface area (Å²) in [6.45, 7) is 7.53. The van der Waals surface area contributed by atoms with Crippen molar-refractivity contribution in [2.75, 3.05) is 26.2 Å². The Morgan fingerprint density at radius 1 is 1.27 bits per heavy atom. The van der Waals surface area contributed by atoms with Gasteiger partial charge in [-0.2, -0.15) is 4.31 Å². The lowest BCUT2D eigenvalue weighted by Gasteiger charge is -2.33. The molecular weight excluding hydrogens is 302 g/mol. The third kappa shape index (κ3) is 3.31. The third-order valence-corrected chi connectivity index (χ3v) is 6.41. The van der Waals surface area contributed by atoms with E-state index in [-0.39, 0.29) is 11.9 Å². The van der Waals surface area contributed by atoms with Gasteiger partial charge in [0.25, 0.3) is 5.91 Å². The van der Waals surface area contributed by atoms with E-state index in [1.165, 1.54) is 4.31 Å². The number of benzene rings is 1. The van der Waals surface area contributed by atoms with Crippen LogP contribution >= 0.6 is 0 Å². The molecule has 1 amide bonds. The Hall–Kier alpha value is -1.44. The molecule has 0 aliphatic carbocycles. The second-order valence-corrected chi connectivity index (χ2v) is 7.86. The summed E-state index contributed by atoms with van der Waals surface area (Å²) in [6.07, 6.45) is 0. The fraction of sp³-hybridized carbons (Fsp3) is 0.533. The number of rotatable bonds is 4. The molecule has 1 saturated heterocycles. The summed E-state index contributed by atoms with van der Waals surface area (Å²) in [4.78, 5) is 12.7. The zero-order valence-corrected chi connectivity index (χ0v) is 14.1. The number of aryl methyl sites for hydroxylation is 2. The van der Waals surface area contributed by atoms with Crippen LogP contribution in [0.25, 0.3) is 0 Å². The molecule has 3 N–H and O–H groups in total. The van der Waals surface area contributed by atoms with E-state index in [4.69, 9.17) is 5.73 Å². The first kappa shape index (κ1) is 16.9. The van der Waals surface area contributed by atoms with Gasteiger partial charge in [-0.1, -0.05) is 17.7 Å². The average molecular weight is 326 g/mol. The van der Waals surface area contributed by atoms with Crippen LogP contribution in [-0.2, 0) is 14.8 Å². The van der Waals surface area contributed by atoms with Crippen molar-refractivity contribution in [1.29, 1.82) is 0 Å². The van der Waals surface area contributed by atoms with Crippen LogP contribution in [0, 0.1) is 13.8 Å². The second-order valence-electron chi connectivity index (χ2n) is 5.96. The average Bonchev–Trinajstić information content (AvgIpc) is 2.46. The summed E-state index contributed by atoms with van der Waals surface area (Å²) >= 11 is 0. The molecule has 2 rings (SSSR count). The molecule has 1 heterocycles. The highest BCUT2D eigenvalue weighted by Gasteiger charge is 2.34. The van der Waals surface area contributed by atoms with Crippen molar-refractivity contribution in [3.63, 3.8) is 0 Å². The number of nitrogens with one attached hydrogen (secondary N) is 1. The van der Waals surface area contributed by atoms with Gasteiger partial charge in [-0.3, -0.25) is 4.79 Å². The maximum absolute atomic E-state index is 12.8. The van der Waals surface area contributed by atoms with Crippen LogP contribution in [0.5, 0.6) is 0 Å². The fourth-order valence-electron chi connectivity index (χ4n) is 2.88. The van der Waals surface area contributed by atoms with Gasteiger partial charge in [0.05, 0.1) is 31.1 Å². The van der Waals surface area contributed by atoms with Crippen molar-refractivity contribution in [2.24, 2.45) is 5.73 Å². The van der Waals surface area contributed by atoms with Crippen LogP contribution in [0.2, 0.25) is 0 Å². The molecule has 1 aliphatic heterocycles. The van der Waals surface area contributed by atoms with Crippen LogP contribution in [-0.4, -0.2) is 50.9 Å². The molecule has 0 bridgehead atoms. The first-order valence-corrected chi connectivity index (χ1v) is 8.89. The van der Waals surface area contributed by atoms with Gasteiger partial charge in [-0.25, -0.2) is 8.42 Å². The van der Waals surface area contributed by atoms with Gasteiger partial charge in [0.15, 0.2) is 6.04 Å². The Morgan fingerprint density at radius 3 is 2.36 bits per heavy atom. The molecule has 1 aliphatic rings. The number of hydrogen-bond donors (Lipinski definition) is 2. The molecule has 1 atom stereocenters. The van der Waals surface area contributed by atoms with E-state index >= 15 is 0 Å². The number of nitrogens with zero attached hydrogens (tertiary/aromatic N) is 1. The van der Waals surface area contributed by atoms with E-state index in [9.17, 15) is 13.2 Å². The predicted octanol–water partition coefficient (Wildman–Crippen LogP) is -0.934. The van der Waals surface area contributed by atoms with Crippen LogP contribution in [0.15, 0.2) is 23.1 Å². The minimum Gasteiger partial charge on any atom is -0.365 e. The number of carbonyl (C=O) groups is 1. The van der Waals surface area contributed by atoms with Gasteiger partial charge < -0.3 is 10.6 Å². The Balaban J connectivity index is 2.14. The molecule has 1 fully saturated rings. The van der Waals surface area contributed by atoms with E-state index in [2.05, 4.69) is 0 Å². The molecular formula is C15H24N3O3S+. The number of quaternary nitrogens is 1. The highest BCUT2D eigenvalue weighted by Crippen LogP contribution is 2.20. The molecule has 6 nitrogen and oxygen atoms in total. The number of hydrogen-bond acceptors (Lipinski definition) is 3. The zero-order chi connectivity index (χ0) is 16.5. The lowest BCUT2D eigenvalue weighted by Crippen LogP contribution is -3.19. The minimum atomic E-state index is -3.48. The van der Waals surface area contributed by atoms with Crippen molar-refractivity contribution in [3.8, 4) is 0 Å². The SMILES string of the molecule is Cc1ccc(S(=O)(=O)N2CC[NH+]([C@@H](C)C(N)=O)CC2)c(C)c1. The summed E-state index contributed by atoms with van der Waals surface area (Å²) in [5.74, 6) is -0.347. The van der Waals surface area contributed by atoms with Crippen molar-refractivity contribution in [3.05, 3.63) is 29.3 Å². The van der Waals surface area contributed by atoms with Gasteiger partial charge >= 0.3 is 0 Å². The third-order valence-electron chi connectivity index (χ3n) is 4.35. The first-order valence-electron chi connectivity index (χ1n) is 7.45. The molecule has 7 heteroatoms. The van der Waals surface area contributed by atoms with Crippen LogP contribution in [0.1, 0.15) is 18.1 Å². The maximum Gasteiger partial charge on any atom is 0.275 e. The number of amides is 1. The summed E-state index contributed by atoms with van der Waals surface area (Å²) in [7, 11) is -3.48. The standard InChI is InChI=1S/C15H23N3O3S/c1-11-4-5-14(12(2)10-11)22(20,21)18-8-6-17(7-9-18)13(3)15(16)19/h4-5,10,13H,6-9H2,1-3H3,(H2,16,19)/p+1/t13-/m0/s1. The largest absolute Gasteiger partial charge is 0.365 e. The highest BCUT2D eigenvalue weighted by molar-refractivity contribution is 7.89. The summed E-state index contributed by atoms with van der Waals surface area (Å²) in [5.41, 5.74) is 7.13. The Morgan fingerprint density at radius 2 is 1.86 bits per heavy atom. The smallest absolute Gasteiger partial charge is 0.275 e. The van der Waals surface area contributed by atoms with E-state index in [1.807, 2.05) is 26.0 Å². The lowest BCUT2D eigenvalue weighted by molar-refractivity contribution is -0.917. The normalized spacial score (nSPS) is 19.0. The van der Waals surface area contributed by atoms with Crippen molar-refractivity contribution in [2.45, 2.75) is 31.7 Å². The van der Waals surface area contributed by atoms with Gasteiger partial charge in [0.1, 0.15) is 0 Å². The summed E-state index contributed by atoms with van der Waals surface area (Å²) < 4.78 is 27.0. The number of sulfonamides is 1. The Kier molecular flexibility index (Phi) is 4.89. The van der Waals surface area contributed by atoms with Crippen molar-refractivity contribution < 1.29 is 18.1 Å². The molecule has 0 aromatic heterocycles. The predicted molar refractivity (Wildman–Crippen MR) is 84.0 cm³/mol. The molecule has 0 saturated carbocycles. The molecule has 0 spiro atoms. The van der Waals surface area contributed by atoms with Gasteiger partial charge in [-0.15, -0.1) is 0 Å². The number of piperazine rings is 1. The topological polar surface area (TPSA) is 84.9 Å². The highest BCUT2D eigenvalue weighted by atomic mass is 32.2. The summed E-state index contributed by atoms with van der Waals surface area (Å²) in [5, 5.41) is 0. The maximum atomic E-state index is 12.8. The van der Waals surface area contributed by atoms with Gasteiger partial charge in [0, 0.05) is 0 Å². The number of carbonyl (C=O) groups excluding carboxylic acids is 1. The van der Waals surface area contributed by atoms with Gasteiger partial charge in [0.2, 0.25) is 10.0 Å². The van der Waals surface area contributed by atoms with E-state index in [0.717, 1.165) is 16.0 Å². The molecule has 0 unspecified atom stereocenters. The fourth-order valence-corrected chi connectivity index (χ4v) is 4.52. The van der Waals surface area contributed by atoms with Crippen molar-refractivity contribution >= 4 is 15.9 Å².